The topological polar surface area (TPSA) is 90.9 Å². The second-order valence-electron chi connectivity index (χ2n) is 8.94. The quantitative estimate of drug-likeness (QED) is 0.364. The number of hydrogen-bond acceptors (Lipinski definition) is 7. The fourth-order valence-corrected chi connectivity index (χ4v) is 5.62. The molecule has 2 aromatic carbocycles. The van der Waals surface area contributed by atoms with Gasteiger partial charge in [-0.3, -0.25) is 9.59 Å². The van der Waals surface area contributed by atoms with Crippen LogP contribution in [0.1, 0.15) is 50.2 Å². The number of rotatable bonds is 7. The van der Waals surface area contributed by atoms with Gasteiger partial charge in [0, 0.05) is 33.3 Å². The molecule has 194 valence electrons. The number of ether oxygens (including phenoxy) is 3. The Hall–Kier alpha value is -3.39. The number of allylic oxidation sites excluding steroid dienone is 3. The molecular weight excluding hydrogens is 538 g/mol. The van der Waals surface area contributed by atoms with Gasteiger partial charge in [0.1, 0.15) is 11.7 Å². The van der Waals surface area contributed by atoms with Gasteiger partial charge in [-0.1, -0.05) is 40.2 Å². The number of ketones is 1. The number of hydrogen-bond donors (Lipinski definition) is 1. The van der Waals surface area contributed by atoms with Gasteiger partial charge in [-0.2, -0.15) is 0 Å². The van der Waals surface area contributed by atoms with Crippen LogP contribution >= 0.6 is 15.9 Å². The van der Waals surface area contributed by atoms with Crippen LogP contribution in [0.2, 0.25) is 0 Å². The van der Waals surface area contributed by atoms with Crippen LogP contribution in [-0.4, -0.2) is 38.0 Å². The lowest BCUT2D eigenvalue weighted by molar-refractivity contribution is -0.152. The fourth-order valence-electron chi connectivity index (χ4n) is 5.20. The zero-order valence-electron chi connectivity index (χ0n) is 21.3. The van der Waals surface area contributed by atoms with Crippen LogP contribution in [0.25, 0.3) is 0 Å². The van der Waals surface area contributed by atoms with Gasteiger partial charge in [-0.25, -0.2) is 4.79 Å². The highest BCUT2D eigenvalue weighted by Crippen LogP contribution is 2.48. The monoisotopic (exact) mass is 567 g/mol. The maximum atomic E-state index is 14.3. The van der Waals surface area contributed by atoms with Gasteiger partial charge >= 0.3 is 11.9 Å². The van der Waals surface area contributed by atoms with Crippen LogP contribution in [-0.2, 0) is 23.9 Å². The predicted octanol–water partition coefficient (Wildman–Crippen LogP) is 5.17. The largest absolute Gasteiger partial charge is 0.497 e. The molecule has 1 aliphatic carbocycles. The van der Waals surface area contributed by atoms with E-state index in [1.54, 1.807) is 21.0 Å². The van der Waals surface area contributed by atoms with Crippen molar-refractivity contribution in [1.82, 2.24) is 5.32 Å². The van der Waals surface area contributed by atoms with Gasteiger partial charge < -0.3 is 19.5 Å². The number of nitrogens with one attached hydrogen (secondary N) is 1. The maximum absolute atomic E-state index is 14.3. The molecule has 0 unspecified atom stereocenters. The summed E-state index contributed by atoms with van der Waals surface area (Å²) in [5.41, 5.74) is 3.66. The lowest BCUT2D eigenvalue weighted by Crippen LogP contribution is -2.43. The molecule has 8 heteroatoms. The molecule has 0 radical (unpaired) electrons. The fraction of sp³-hybridized carbons (Fsp3) is 0.345. The smallest absolute Gasteiger partial charge is 0.336 e. The van der Waals surface area contributed by atoms with Gasteiger partial charge in [0.25, 0.3) is 0 Å². The lowest BCUT2D eigenvalue weighted by Gasteiger charge is -2.39. The molecule has 0 amide bonds. The summed E-state index contributed by atoms with van der Waals surface area (Å²) < 4.78 is 16.9. The first-order chi connectivity index (χ1) is 17.8. The third-order valence-corrected chi connectivity index (χ3v) is 7.27. The first-order valence-corrected chi connectivity index (χ1v) is 13.1. The Morgan fingerprint density at radius 2 is 1.73 bits per heavy atom. The van der Waals surface area contributed by atoms with Crippen molar-refractivity contribution in [2.75, 3.05) is 20.3 Å². The maximum Gasteiger partial charge on any atom is 0.336 e. The van der Waals surface area contributed by atoms with Crippen LogP contribution in [0.15, 0.2) is 75.5 Å². The van der Waals surface area contributed by atoms with E-state index in [0.29, 0.717) is 34.7 Å². The van der Waals surface area contributed by atoms with E-state index in [1.165, 1.54) is 0 Å². The molecular formula is C29H30BrNO6. The minimum Gasteiger partial charge on any atom is -0.497 e. The molecule has 3 atom stereocenters. The van der Waals surface area contributed by atoms with Gasteiger partial charge in [-0.05, 0) is 62.6 Å². The molecule has 4 rings (SSSR count). The van der Waals surface area contributed by atoms with Crippen LogP contribution < -0.4 is 10.1 Å². The first kappa shape index (κ1) is 26.7. The number of carbonyl (C=O) groups excluding carboxylic acids is 3. The van der Waals surface area contributed by atoms with E-state index in [2.05, 4.69) is 21.2 Å². The summed E-state index contributed by atoms with van der Waals surface area (Å²) in [4.78, 5) is 40.7. The zero-order chi connectivity index (χ0) is 26.7. The highest BCUT2D eigenvalue weighted by atomic mass is 79.9. The average Bonchev–Trinajstić information content (AvgIpc) is 2.88. The molecule has 1 heterocycles. The highest BCUT2D eigenvalue weighted by Gasteiger charge is 2.49. The summed E-state index contributed by atoms with van der Waals surface area (Å²) in [6, 6.07) is 14.9. The van der Waals surface area contributed by atoms with E-state index >= 15 is 0 Å². The summed E-state index contributed by atoms with van der Waals surface area (Å²) in [6.07, 6.45) is 0.398. The number of methoxy groups -OCH3 is 1. The van der Waals surface area contributed by atoms with Crippen LogP contribution in [0, 0.1) is 5.92 Å². The minimum atomic E-state index is -1.05. The molecule has 37 heavy (non-hydrogen) atoms. The average molecular weight is 568 g/mol. The Bertz CT molecular complexity index is 1280. The molecule has 1 N–H and O–H groups in total. The van der Waals surface area contributed by atoms with E-state index in [0.717, 1.165) is 15.6 Å². The van der Waals surface area contributed by atoms with Crippen molar-refractivity contribution >= 4 is 33.7 Å². The number of Topliss-reactive ketones (excluding diaryl/α,β-unsaturated/α-hetero) is 1. The number of benzene rings is 2. The number of halogens is 1. The summed E-state index contributed by atoms with van der Waals surface area (Å²) in [7, 11) is 1.59. The number of dihydropyridines is 1. The Balaban J connectivity index is 1.88. The van der Waals surface area contributed by atoms with Crippen LogP contribution in [0.4, 0.5) is 0 Å². The van der Waals surface area contributed by atoms with E-state index < -0.39 is 29.7 Å². The summed E-state index contributed by atoms with van der Waals surface area (Å²) in [6.45, 7) is 5.63. The van der Waals surface area contributed by atoms with Crippen LogP contribution in [0.3, 0.4) is 0 Å². The molecule has 0 saturated heterocycles. The predicted molar refractivity (Wildman–Crippen MR) is 142 cm³/mol. The van der Waals surface area contributed by atoms with Crippen molar-refractivity contribution in [2.45, 2.75) is 39.0 Å². The molecule has 2 aromatic rings. The van der Waals surface area contributed by atoms with Crippen molar-refractivity contribution < 1.29 is 28.6 Å². The van der Waals surface area contributed by atoms with E-state index in [9.17, 15) is 14.4 Å². The van der Waals surface area contributed by atoms with Crippen molar-refractivity contribution in [2.24, 2.45) is 5.92 Å². The zero-order valence-corrected chi connectivity index (χ0v) is 22.9. The van der Waals surface area contributed by atoms with Gasteiger partial charge in [0.05, 0.1) is 25.9 Å². The summed E-state index contributed by atoms with van der Waals surface area (Å²) in [5.74, 6) is -2.92. The van der Waals surface area contributed by atoms with Gasteiger partial charge in [-0.15, -0.1) is 0 Å². The third-order valence-electron chi connectivity index (χ3n) is 6.78. The summed E-state index contributed by atoms with van der Waals surface area (Å²) >= 11 is 3.51. The Kier molecular flexibility index (Phi) is 8.17. The van der Waals surface area contributed by atoms with Crippen molar-refractivity contribution in [3.63, 3.8) is 0 Å². The Labute approximate surface area is 225 Å². The second kappa shape index (κ2) is 11.3. The van der Waals surface area contributed by atoms with E-state index in [4.69, 9.17) is 14.2 Å². The Morgan fingerprint density at radius 3 is 2.35 bits per heavy atom. The second-order valence-corrected chi connectivity index (χ2v) is 9.86. The molecule has 0 spiro atoms. The molecule has 0 aromatic heterocycles. The molecule has 0 saturated carbocycles. The third kappa shape index (κ3) is 5.21. The lowest BCUT2D eigenvalue weighted by atomic mass is 9.67. The van der Waals surface area contributed by atoms with Gasteiger partial charge in [0.2, 0.25) is 0 Å². The van der Waals surface area contributed by atoms with E-state index in [-0.39, 0.29) is 19.0 Å². The number of esters is 2. The minimum absolute atomic E-state index is 0.157. The van der Waals surface area contributed by atoms with Crippen molar-refractivity contribution in [3.8, 4) is 5.75 Å². The highest BCUT2D eigenvalue weighted by molar-refractivity contribution is 9.10. The number of carbonyl (C=O) groups is 3. The Morgan fingerprint density at radius 1 is 1.03 bits per heavy atom. The molecule has 0 fully saturated rings. The van der Waals surface area contributed by atoms with Crippen molar-refractivity contribution in [3.05, 3.63) is 86.7 Å². The first-order valence-electron chi connectivity index (χ1n) is 12.3. The van der Waals surface area contributed by atoms with E-state index in [1.807, 2.05) is 55.5 Å². The SMILES string of the molecule is CCOC(=O)C1=C(C)NC2=C(C(=O)[C@@H](C(=O)OCC)[C@H](c3ccc(OC)cc3)C2)[C@@H]1c1cccc(Br)c1. The van der Waals surface area contributed by atoms with Gasteiger partial charge in [0.15, 0.2) is 5.78 Å². The summed E-state index contributed by atoms with van der Waals surface area (Å²) in [5, 5.41) is 3.32. The molecule has 1 aliphatic heterocycles. The van der Waals surface area contributed by atoms with Crippen molar-refractivity contribution in [1.29, 1.82) is 0 Å². The molecule has 7 nitrogen and oxygen atoms in total. The molecule has 2 aliphatic rings. The normalized spacial score (nSPS) is 21.2. The molecule has 0 bridgehead atoms. The van der Waals surface area contributed by atoms with Crippen LogP contribution in [0.5, 0.6) is 5.75 Å². The standard InChI is InChI=1S/C29H30BrNO6/c1-5-36-28(33)23-16(3)31-22-15-21(17-10-12-20(35-4)13-11-17)25(29(34)37-6-2)27(32)26(22)24(23)18-8-7-9-19(30)14-18/h7-14,21,24-25,31H,5-6,15H2,1-4H3/t21-,24+,25-/m0/s1.